The van der Waals surface area contributed by atoms with Crippen LogP contribution in [0.15, 0.2) is 32.4 Å². The molecule has 0 aliphatic rings. The third kappa shape index (κ3) is 6.56. The molecule has 0 rings (SSSR count). The number of nitrogens with zero attached hydrogens (tertiary/aromatic N) is 3. The molecule has 0 radical (unpaired) electrons. The average molecular weight is 337 g/mol. The second kappa shape index (κ2) is 8.88. The van der Waals surface area contributed by atoms with Crippen LogP contribution in [0.1, 0.15) is 6.92 Å². The Kier molecular flexibility index (Phi) is 8.32. The zero-order valence-corrected chi connectivity index (χ0v) is 12.8. The SMILES string of the molecule is C=C(Br)/C=N\N(C)/C(Cl)=C\C(=NC)C(=O)OCC. The molecule has 0 atom stereocenters. The van der Waals surface area contributed by atoms with E-state index in [1.165, 1.54) is 24.3 Å². The van der Waals surface area contributed by atoms with E-state index in [2.05, 4.69) is 32.6 Å². The van der Waals surface area contributed by atoms with Gasteiger partial charge < -0.3 is 4.74 Å². The number of ether oxygens (including phenoxy) is 1. The van der Waals surface area contributed by atoms with Crippen LogP contribution in [-0.4, -0.2) is 43.6 Å². The summed E-state index contributed by atoms with van der Waals surface area (Å²) in [6.45, 7) is 5.59. The quantitative estimate of drug-likeness (QED) is 0.324. The van der Waals surface area contributed by atoms with Gasteiger partial charge in [0.2, 0.25) is 0 Å². The highest BCUT2D eigenvalue weighted by Crippen LogP contribution is 2.09. The van der Waals surface area contributed by atoms with Gasteiger partial charge in [-0.05, 0) is 22.9 Å². The molecule has 0 aromatic rings. The van der Waals surface area contributed by atoms with E-state index in [9.17, 15) is 4.79 Å². The normalized spacial score (nSPS) is 12.7. The van der Waals surface area contributed by atoms with Gasteiger partial charge in [-0.25, -0.2) is 4.79 Å². The van der Waals surface area contributed by atoms with Gasteiger partial charge in [0.05, 0.1) is 12.8 Å². The monoisotopic (exact) mass is 335 g/mol. The summed E-state index contributed by atoms with van der Waals surface area (Å²) in [5, 5.41) is 5.57. The molecule has 0 aliphatic heterocycles. The fraction of sp³-hybridized carbons (Fsp3) is 0.364. The van der Waals surface area contributed by atoms with E-state index in [1.807, 2.05) is 0 Å². The number of hydrogen-bond donors (Lipinski definition) is 0. The summed E-state index contributed by atoms with van der Waals surface area (Å²) in [6.07, 6.45) is 2.86. The van der Waals surface area contributed by atoms with Crippen LogP contribution < -0.4 is 0 Å². The fourth-order valence-electron chi connectivity index (χ4n) is 0.830. The Balaban J connectivity index is 4.83. The predicted octanol–water partition coefficient (Wildman–Crippen LogP) is 2.53. The molecule has 0 aliphatic carbocycles. The molecule has 0 saturated carbocycles. The Morgan fingerprint density at radius 2 is 2.22 bits per heavy atom. The molecule has 5 nitrogen and oxygen atoms in total. The summed E-state index contributed by atoms with van der Waals surface area (Å²) in [7, 11) is 3.11. The minimum Gasteiger partial charge on any atom is -0.461 e. The number of carbonyl (C=O) groups excluding carboxylic acids is 1. The van der Waals surface area contributed by atoms with Crippen molar-refractivity contribution in [1.29, 1.82) is 0 Å². The number of aliphatic imine (C=N–C) groups is 1. The van der Waals surface area contributed by atoms with Crippen LogP contribution in [0.3, 0.4) is 0 Å². The average Bonchev–Trinajstić information content (AvgIpc) is 2.32. The van der Waals surface area contributed by atoms with Crippen LogP contribution in [0.2, 0.25) is 0 Å². The molecule has 0 unspecified atom stereocenters. The molecule has 7 heteroatoms. The first kappa shape index (κ1) is 16.9. The number of halogens is 2. The van der Waals surface area contributed by atoms with Gasteiger partial charge in [0.25, 0.3) is 0 Å². The van der Waals surface area contributed by atoms with Gasteiger partial charge >= 0.3 is 5.97 Å². The third-order valence-corrected chi connectivity index (χ3v) is 2.22. The van der Waals surface area contributed by atoms with Crippen molar-refractivity contribution in [1.82, 2.24) is 5.01 Å². The summed E-state index contributed by atoms with van der Waals surface area (Å²) in [4.78, 5) is 15.3. The molecule has 0 saturated heterocycles. The zero-order valence-electron chi connectivity index (χ0n) is 10.5. The van der Waals surface area contributed by atoms with Crippen molar-refractivity contribution >= 4 is 45.4 Å². The second-order valence-electron chi connectivity index (χ2n) is 3.01. The minimum absolute atomic E-state index is 0.126. The maximum Gasteiger partial charge on any atom is 0.356 e. The molecule has 100 valence electrons. The lowest BCUT2D eigenvalue weighted by molar-refractivity contribution is -0.134. The van der Waals surface area contributed by atoms with Crippen molar-refractivity contribution in [2.24, 2.45) is 10.1 Å². The van der Waals surface area contributed by atoms with E-state index in [0.717, 1.165) is 0 Å². The third-order valence-electron chi connectivity index (χ3n) is 1.66. The first-order valence-corrected chi connectivity index (χ1v) is 6.22. The van der Waals surface area contributed by atoms with Gasteiger partial charge in [-0.15, -0.1) is 0 Å². The maximum absolute atomic E-state index is 11.5. The van der Waals surface area contributed by atoms with Crippen LogP contribution in [0.5, 0.6) is 0 Å². The minimum atomic E-state index is -0.527. The molecular formula is C11H15BrClN3O2. The highest BCUT2D eigenvalue weighted by Gasteiger charge is 2.11. The Morgan fingerprint density at radius 1 is 1.61 bits per heavy atom. The molecule has 0 N–H and O–H groups in total. The van der Waals surface area contributed by atoms with E-state index >= 15 is 0 Å². The van der Waals surface area contributed by atoms with E-state index in [1.54, 1.807) is 14.0 Å². The molecule has 0 bridgehead atoms. The first-order chi connectivity index (χ1) is 8.42. The zero-order chi connectivity index (χ0) is 14.1. The van der Waals surface area contributed by atoms with Crippen molar-refractivity contribution in [2.75, 3.05) is 20.7 Å². The summed E-state index contributed by atoms with van der Waals surface area (Å²) in [5.74, 6) is -0.527. The van der Waals surface area contributed by atoms with Crippen LogP contribution in [-0.2, 0) is 9.53 Å². The van der Waals surface area contributed by atoms with Crippen LogP contribution in [0.4, 0.5) is 0 Å². The molecule has 0 aromatic carbocycles. The van der Waals surface area contributed by atoms with E-state index in [0.29, 0.717) is 4.48 Å². The molecule has 0 heterocycles. The highest BCUT2D eigenvalue weighted by molar-refractivity contribution is 9.12. The van der Waals surface area contributed by atoms with Crippen molar-refractivity contribution < 1.29 is 9.53 Å². The molecule has 0 amide bonds. The maximum atomic E-state index is 11.5. The van der Waals surface area contributed by atoms with Crippen molar-refractivity contribution in [3.8, 4) is 0 Å². The number of esters is 1. The lowest BCUT2D eigenvalue weighted by Gasteiger charge is -2.11. The topological polar surface area (TPSA) is 54.3 Å². The standard InChI is InChI=1S/C11H15BrClN3O2/c1-5-18-11(17)9(14-3)6-10(13)16(4)15-7-8(2)12/h6-7H,2,5H2,1,3-4H3/b10-6-,14-9?,15-7-. The first-order valence-electron chi connectivity index (χ1n) is 5.05. The van der Waals surface area contributed by atoms with Crippen molar-refractivity contribution in [2.45, 2.75) is 6.92 Å². The molecule has 0 fully saturated rings. The number of hydrogen-bond acceptors (Lipinski definition) is 5. The summed E-state index contributed by atoms with van der Waals surface area (Å²) < 4.78 is 5.43. The smallest absolute Gasteiger partial charge is 0.356 e. The van der Waals surface area contributed by atoms with Crippen LogP contribution in [0.25, 0.3) is 0 Å². The highest BCUT2D eigenvalue weighted by atomic mass is 79.9. The largest absolute Gasteiger partial charge is 0.461 e. The summed E-state index contributed by atoms with van der Waals surface area (Å²) >= 11 is 9.10. The Bertz CT molecular complexity index is 405. The van der Waals surface area contributed by atoms with Gasteiger partial charge in [-0.2, -0.15) is 5.10 Å². The van der Waals surface area contributed by atoms with E-state index in [-0.39, 0.29) is 17.5 Å². The van der Waals surface area contributed by atoms with Gasteiger partial charge in [-0.1, -0.05) is 18.2 Å². The Hall–Kier alpha value is -1.14. The van der Waals surface area contributed by atoms with Crippen LogP contribution >= 0.6 is 27.5 Å². The molecular weight excluding hydrogens is 321 g/mol. The van der Waals surface area contributed by atoms with E-state index in [4.69, 9.17) is 16.3 Å². The van der Waals surface area contributed by atoms with Crippen molar-refractivity contribution in [3.05, 3.63) is 22.3 Å². The second-order valence-corrected chi connectivity index (χ2v) is 4.42. The van der Waals surface area contributed by atoms with E-state index < -0.39 is 5.97 Å². The summed E-state index contributed by atoms with van der Waals surface area (Å²) in [5.41, 5.74) is 0.126. The van der Waals surface area contributed by atoms with Crippen molar-refractivity contribution in [3.63, 3.8) is 0 Å². The Morgan fingerprint density at radius 3 is 2.67 bits per heavy atom. The lowest BCUT2D eigenvalue weighted by atomic mass is 10.3. The number of carbonyl (C=O) groups is 1. The number of allylic oxidation sites excluding steroid dienone is 1. The van der Waals surface area contributed by atoms with Crippen LogP contribution in [0, 0.1) is 0 Å². The molecule has 18 heavy (non-hydrogen) atoms. The lowest BCUT2D eigenvalue weighted by Crippen LogP contribution is -2.17. The fourth-order valence-corrected chi connectivity index (χ4v) is 1.07. The van der Waals surface area contributed by atoms with Gasteiger partial charge in [0.1, 0.15) is 10.9 Å². The number of hydrazone groups is 1. The van der Waals surface area contributed by atoms with Gasteiger partial charge in [-0.3, -0.25) is 10.0 Å². The van der Waals surface area contributed by atoms with Gasteiger partial charge in [0.15, 0.2) is 0 Å². The number of rotatable bonds is 6. The Labute approximate surface area is 120 Å². The molecule has 0 aromatic heterocycles. The molecule has 0 spiro atoms. The van der Waals surface area contributed by atoms with Gasteiger partial charge in [0, 0.05) is 24.7 Å². The predicted molar refractivity (Wildman–Crippen MR) is 78.3 cm³/mol. The summed E-state index contributed by atoms with van der Waals surface area (Å²) in [6, 6.07) is 0.